The lowest BCUT2D eigenvalue weighted by atomic mass is 10.5. The summed E-state index contributed by atoms with van der Waals surface area (Å²) in [6.07, 6.45) is 2.46. The van der Waals surface area contributed by atoms with Gasteiger partial charge in [-0.15, -0.1) is 0 Å². The highest BCUT2D eigenvalue weighted by atomic mass is 19.1. The van der Waals surface area contributed by atoms with Gasteiger partial charge in [0.2, 0.25) is 5.95 Å². The van der Waals surface area contributed by atoms with Crippen LogP contribution in [0, 0.1) is 17.3 Å². The van der Waals surface area contributed by atoms with Gasteiger partial charge in [-0.25, -0.2) is 9.97 Å². The van der Waals surface area contributed by atoms with E-state index in [1.807, 2.05) is 0 Å². The fourth-order valence-corrected chi connectivity index (χ4v) is 0.396. The van der Waals surface area contributed by atoms with E-state index in [9.17, 15) is 4.39 Å². The van der Waals surface area contributed by atoms with Gasteiger partial charge in [0.1, 0.15) is 6.07 Å². The van der Waals surface area contributed by atoms with Gasteiger partial charge in [-0.1, -0.05) is 0 Å². The van der Waals surface area contributed by atoms with Gasteiger partial charge in [-0.2, -0.15) is 9.65 Å². The SMILES string of the molecule is N#Cc1nccnc1F. The Kier molecular flexibility index (Phi) is 1.36. The Morgan fingerprint density at radius 3 is 2.56 bits per heavy atom. The highest BCUT2D eigenvalue weighted by Crippen LogP contribution is 1.93. The van der Waals surface area contributed by atoms with Gasteiger partial charge in [-0.3, -0.25) is 0 Å². The molecule has 9 heavy (non-hydrogen) atoms. The van der Waals surface area contributed by atoms with Crippen LogP contribution in [0.25, 0.3) is 0 Å². The van der Waals surface area contributed by atoms with Crippen LogP contribution in [0.3, 0.4) is 0 Å². The molecule has 0 aliphatic carbocycles. The number of rotatable bonds is 0. The molecule has 0 aromatic carbocycles. The van der Waals surface area contributed by atoms with Gasteiger partial charge in [0.05, 0.1) is 0 Å². The lowest BCUT2D eigenvalue weighted by molar-refractivity contribution is 0.571. The minimum Gasteiger partial charge on any atom is -0.240 e. The molecule has 0 fully saturated rings. The molecular formula is C5H2FN3. The molecule has 0 radical (unpaired) electrons. The summed E-state index contributed by atoms with van der Waals surface area (Å²) in [5.41, 5.74) is -0.266. The molecule has 4 heteroatoms. The van der Waals surface area contributed by atoms with Gasteiger partial charge >= 0.3 is 0 Å². The van der Waals surface area contributed by atoms with Crippen molar-refractivity contribution in [2.45, 2.75) is 0 Å². The quantitative estimate of drug-likeness (QED) is 0.504. The molecule has 0 aliphatic heterocycles. The summed E-state index contributed by atoms with van der Waals surface area (Å²) in [6, 6.07) is 1.55. The van der Waals surface area contributed by atoms with Crippen molar-refractivity contribution in [3.05, 3.63) is 24.0 Å². The first kappa shape index (κ1) is 5.63. The van der Waals surface area contributed by atoms with Gasteiger partial charge in [0.25, 0.3) is 0 Å². The molecular weight excluding hydrogens is 121 g/mol. The van der Waals surface area contributed by atoms with Crippen molar-refractivity contribution in [1.82, 2.24) is 9.97 Å². The van der Waals surface area contributed by atoms with Gasteiger partial charge in [-0.05, 0) is 0 Å². The van der Waals surface area contributed by atoms with E-state index in [0.29, 0.717) is 0 Å². The molecule has 0 saturated heterocycles. The zero-order valence-electron chi connectivity index (χ0n) is 4.37. The summed E-state index contributed by atoms with van der Waals surface area (Å²) in [7, 11) is 0. The molecule has 0 amide bonds. The molecule has 0 aliphatic rings. The molecule has 0 atom stereocenters. The third-order valence-electron chi connectivity index (χ3n) is 0.759. The second-order valence-corrected chi connectivity index (χ2v) is 1.31. The summed E-state index contributed by atoms with van der Waals surface area (Å²) in [5, 5.41) is 8.13. The number of halogens is 1. The van der Waals surface area contributed by atoms with Crippen LogP contribution in [-0.2, 0) is 0 Å². The topological polar surface area (TPSA) is 49.6 Å². The maximum atomic E-state index is 12.2. The minimum atomic E-state index is -0.819. The van der Waals surface area contributed by atoms with E-state index in [0.717, 1.165) is 0 Å². The van der Waals surface area contributed by atoms with Crippen LogP contribution in [0.1, 0.15) is 5.69 Å². The molecule has 0 bridgehead atoms. The lowest BCUT2D eigenvalue weighted by Crippen LogP contribution is -1.90. The first-order valence-electron chi connectivity index (χ1n) is 2.21. The first-order chi connectivity index (χ1) is 4.34. The summed E-state index contributed by atoms with van der Waals surface area (Å²) < 4.78 is 12.2. The number of hydrogen-bond donors (Lipinski definition) is 0. The average molecular weight is 123 g/mol. The minimum absolute atomic E-state index is 0.266. The molecule has 3 nitrogen and oxygen atoms in total. The van der Waals surface area contributed by atoms with Crippen LogP contribution in [-0.4, -0.2) is 9.97 Å². The van der Waals surface area contributed by atoms with Crippen molar-refractivity contribution in [1.29, 1.82) is 5.26 Å². The number of hydrogen-bond acceptors (Lipinski definition) is 3. The Balaban J connectivity index is 3.20. The summed E-state index contributed by atoms with van der Waals surface area (Å²) >= 11 is 0. The van der Waals surface area contributed by atoms with Gasteiger partial charge < -0.3 is 0 Å². The fraction of sp³-hybridized carbons (Fsp3) is 0. The summed E-state index contributed by atoms with van der Waals surface area (Å²) in [4.78, 5) is 6.60. The van der Waals surface area contributed by atoms with E-state index in [-0.39, 0.29) is 5.69 Å². The average Bonchev–Trinajstić information content (AvgIpc) is 1.89. The highest BCUT2D eigenvalue weighted by Gasteiger charge is 1.98. The van der Waals surface area contributed by atoms with Crippen LogP contribution in [0.15, 0.2) is 12.4 Å². The standard InChI is InChI=1S/C5H2FN3/c6-5-4(3-7)8-1-2-9-5/h1-2H. The monoisotopic (exact) mass is 123 g/mol. The van der Waals surface area contributed by atoms with E-state index in [1.165, 1.54) is 12.4 Å². The van der Waals surface area contributed by atoms with Crippen molar-refractivity contribution in [3.8, 4) is 6.07 Å². The zero-order valence-corrected chi connectivity index (χ0v) is 4.37. The number of aromatic nitrogens is 2. The van der Waals surface area contributed by atoms with Crippen molar-refractivity contribution in [2.75, 3.05) is 0 Å². The van der Waals surface area contributed by atoms with E-state index in [1.54, 1.807) is 6.07 Å². The third kappa shape index (κ3) is 0.995. The highest BCUT2D eigenvalue weighted by molar-refractivity contribution is 5.15. The second kappa shape index (κ2) is 2.18. The molecule has 0 saturated carbocycles. The maximum Gasteiger partial charge on any atom is 0.249 e. The van der Waals surface area contributed by atoms with Crippen molar-refractivity contribution >= 4 is 0 Å². The van der Waals surface area contributed by atoms with Crippen molar-refractivity contribution in [3.63, 3.8) is 0 Å². The van der Waals surface area contributed by atoms with Crippen LogP contribution in [0.5, 0.6) is 0 Å². The number of nitriles is 1. The Bertz CT molecular complexity index is 253. The molecule has 1 aromatic rings. The lowest BCUT2D eigenvalue weighted by Gasteiger charge is -1.85. The predicted molar refractivity (Wildman–Crippen MR) is 26.7 cm³/mol. The van der Waals surface area contributed by atoms with Crippen molar-refractivity contribution < 1.29 is 4.39 Å². The normalized spacial score (nSPS) is 8.44. The molecule has 1 aromatic heterocycles. The van der Waals surface area contributed by atoms with E-state index in [2.05, 4.69) is 9.97 Å². The summed E-state index contributed by atoms with van der Waals surface area (Å²) in [6.45, 7) is 0. The second-order valence-electron chi connectivity index (χ2n) is 1.31. The van der Waals surface area contributed by atoms with Crippen LogP contribution in [0.2, 0.25) is 0 Å². The zero-order chi connectivity index (χ0) is 6.69. The van der Waals surface area contributed by atoms with E-state index in [4.69, 9.17) is 5.26 Å². The largest absolute Gasteiger partial charge is 0.249 e. The maximum absolute atomic E-state index is 12.2. The van der Waals surface area contributed by atoms with Crippen LogP contribution in [0.4, 0.5) is 4.39 Å². The fourth-order valence-electron chi connectivity index (χ4n) is 0.396. The van der Waals surface area contributed by atoms with Gasteiger partial charge in [0, 0.05) is 12.4 Å². The van der Waals surface area contributed by atoms with Crippen LogP contribution >= 0.6 is 0 Å². The smallest absolute Gasteiger partial charge is 0.240 e. The Morgan fingerprint density at radius 1 is 1.44 bits per heavy atom. The Hall–Kier alpha value is -1.50. The van der Waals surface area contributed by atoms with Gasteiger partial charge in [0.15, 0.2) is 5.69 Å². The summed E-state index contributed by atoms with van der Waals surface area (Å²) in [5.74, 6) is -0.819. The number of nitrogens with zero attached hydrogens (tertiary/aromatic N) is 3. The van der Waals surface area contributed by atoms with E-state index < -0.39 is 5.95 Å². The molecule has 44 valence electrons. The predicted octanol–water partition coefficient (Wildman–Crippen LogP) is 0.487. The molecule has 1 heterocycles. The van der Waals surface area contributed by atoms with Crippen LogP contribution < -0.4 is 0 Å². The Morgan fingerprint density at radius 2 is 2.11 bits per heavy atom. The first-order valence-corrected chi connectivity index (χ1v) is 2.21. The third-order valence-corrected chi connectivity index (χ3v) is 0.759. The Labute approximate surface area is 50.8 Å². The van der Waals surface area contributed by atoms with Crippen molar-refractivity contribution in [2.24, 2.45) is 0 Å². The molecule has 1 rings (SSSR count). The molecule has 0 N–H and O–H groups in total. The van der Waals surface area contributed by atoms with E-state index >= 15 is 0 Å². The molecule has 0 unspecified atom stereocenters. The molecule has 0 spiro atoms.